The van der Waals surface area contributed by atoms with Gasteiger partial charge in [0.2, 0.25) is 5.91 Å². The molecule has 0 aromatic heterocycles. The molecule has 2 saturated heterocycles. The topological polar surface area (TPSA) is 38.8 Å². The Kier molecular flexibility index (Phi) is 7.13. The molecular formula is C28H36FNO3Si. The summed E-state index contributed by atoms with van der Waals surface area (Å²) in [5.41, 5.74) is -0.633. The van der Waals surface area contributed by atoms with Gasteiger partial charge in [0.15, 0.2) is 0 Å². The Balaban J connectivity index is 1.71. The molecule has 4 nitrogen and oxygen atoms in total. The molecule has 0 unspecified atom stereocenters. The molecule has 2 aliphatic heterocycles. The van der Waals surface area contributed by atoms with Crippen molar-refractivity contribution in [2.45, 2.75) is 50.4 Å². The molecule has 182 valence electrons. The van der Waals surface area contributed by atoms with E-state index in [4.69, 9.17) is 9.16 Å². The van der Waals surface area contributed by atoms with E-state index >= 15 is 0 Å². The van der Waals surface area contributed by atoms with Gasteiger partial charge in [0.05, 0.1) is 37.8 Å². The van der Waals surface area contributed by atoms with Crippen molar-refractivity contribution in [2.24, 2.45) is 5.92 Å². The summed E-state index contributed by atoms with van der Waals surface area (Å²) >= 11 is 0. The second-order valence-electron chi connectivity index (χ2n) is 10.7. The highest BCUT2D eigenvalue weighted by molar-refractivity contribution is 6.99. The monoisotopic (exact) mass is 481 g/mol. The molecule has 0 N–H and O–H groups in total. The van der Waals surface area contributed by atoms with Gasteiger partial charge in [0.1, 0.15) is 6.17 Å². The van der Waals surface area contributed by atoms with Crippen LogP contribution < -0.4 is 10.4 Å². The highest BCUT2D eigenvalue weighted by Gasteiger charge is 2.59. The van der Waals surface area contributed by atoms with Gasteiger partial charge < -0.3 is 14.1 Å². The minimum Gasteiger partial charge on any atom is -0.405 e. The second kappa shape index (κ2) is 9.76. The zero-order valence-electron chi connectivity index (χ0n) is 20.5. The zero-order valence-corrected chi connectivity index (χ0v) is 21.5. The van der Waals surface area contributed by atoms with Gasteiger partial charge in [-0.2, -0.15) is 0 Å². The molecule has 34 heavy (non-hydrogen) atoms. The summed E-state index contributed by atoms with van der Waals surface area (Å²) in [5.74, 6) is -0.287. The van der Waals surface area contributed by atoms with E-state index in [1.54, 1.807) is 11.0 Å². The van der Waals surface area contributed by atoms with Crippen LogP contribution in [-0.4, -0.2) is 57.2 Å². The fraction of sp³-hybridized carbons (Fsp3) is 0.464. The van der Waals surface area contributed by atoms with Crippen LogP contribution in [0, 0.1) is 5.92 Å². The molecule has 4 rings (SSSR count). The molecule has 1 amide bonds. The number of carbonyl (C=O) groups excluding carboxylic acids is 1. The third-order valence-electron chi connectivity index (χ3n) is 7.33. The SMILES string of the molecule is C=CCOC[C@H]1C[C@@]2(CO[Si](c3ccccc3)(c3ccccc3)C(C)(C)C)C[C@@H](F)CN2C1=O. The minimum atomic E-state index is -2.78. The van der Waals surface area contributed by atoms with E-state index in [9.17, 15) is 9.18 Å². The smallest absolute Gasteiger partial charge is 0.261 e. The largest absolute Gasteiger partial charge is 0.405 e. The van der Waals surface area contributed by atoms with Crippen LogP contribution in [0.5, 0.6) is 0 Å². The predicted molar refractivity (Wildman–Crippen MR) is 137 cm³/mol. The minimum absolute atomic E-state index is 0.0183. The van der Waals surface area contributed by atoms with Crippen molar-refractivity contribution in [1.82, 2.24) is 4.90 Å². The number of alkyl halides is 1. The fourth-order valence-electron chi connectivity index (χ4n) is 5.89. The van der Waals surface area contributed by atoms with Crippen molar-refractivity contribution in [3.05, 3.63) is 73.3 Å². The summed E-state index contributed by atoms with van der Waals surface area (Å²) in [6.07, 6.45) is 1.53. The van der Waals surface area contributed by atoms with Gasteiger partial charge in [-0.15, -0.1) is 6.58 Å². The van der Waals surface area contributed by atoms with Gasteiger partial charge in [0.25, 0.3) is 8.32 Å². The van der Waals surface area contributed by atoms with Gasteiger partial charge in [-0.05, 0) is 21.8 Å². The highest BCUT2D eigenvalue weighted by atomic mass is 28.4. The number of hydrogen-bond acceptors (Lipinski definition) is 3. The lowest BCUT2D eigenvalue weighted by molar-refractivity contribution is -0.134. The standard InChI is InChI=1S/C28H36FNO3Si/c1-5-16-32-20-22-17-28(18-23(29)19-30(28)26(22)31)21-33-34(27(2,3)4,24-12-8-6-9-13-24)25-14-10-7-11-15-25/h5-15,22-23H,1,16-21H2,2-4H3/t22-,23-,28+/m1/s1. The van der Waals surface area contributed by atoms with E-state index in [1.165, 1.54) is 10.4 Å². The van der Waals surface area contributed by atoms with E-state index in [2.05, 4.69) is 75.9 Å². The number of fused-ring (bicyclic) bond motifs is 1. The Labute approximate surface area is 203 Å². The van der Waals surface area contributed by atoms with Gasteiger partial charge >= 0.3 is 0 Å². The first-order valence-electron chi connectivity index (χ1n) is 12.1. The average Bonchev–Trinajstić information content (AvgIpc) is 3.26. The third-order valence-corrected chi connectivity index (χ3v) is 12.3. The predicted octanol–water partition coefficient (Wildman–Crippen LogP) is 4.09. The molecule has 0 spiro atoms. The maximum absolute atomic E-state index is 14.7. The Morgan fingerprint density at radius 1 is 1.09 bits per heavy atom. The van der Waals surface area contributed by atoms with Crippen LogP contribution in [0.25, 0.3) is 0 Å². The average molecular weight is 482 g/mol. The molecule has 2 fully saturated rings. The first kappa shape index (κ1) is 24.8. The zero-order chi connectivity index (χ0) is 24.4. The fourth-order valence-corrected chi connectivity index (χ4v) is 10.5. The lowest BCUT2D eigenvalue weighted by atomic mass is 9.90. The molecule has 6 heteroatoms. The Morgan fingerprint density at radius 2 is 1.68 bits per heavy atom. The van der Waals surface area contributed by atoms with Gasteiger partial charge in [0, 0.05) is 6.42 Å². The first-order chi connectivity index (χ1) is 16.2. The van der Waals surface area contributed by atoms with Crippen molar-refractivity contribution in [3.8, 4) is 0 Å². The van der Waals surface area contributed by atoms with Gasteiger partial charge in [-0.1, -0.05) is 87.5 Å². The second-order valence-corrected chi connectivity index (χ2v) is 15.0. The molecule has 0 saturated carbocycles. The molecular weight excluding hydrogens is 445 g/mol. The molecule has 0 radical (unpaired) electrons. The first-order valence-corrected chi connectivity index (χ1v) is 14.0. The molecule has 3 atom stereocenters. The molecule has 2 aromatic rings. The van der Waals surface area contributed by atoms with Gasteiger partial charge in [-0.3, -0.25) is 4.79 Å². The molecule has 2 aliphatic rings. The van der Waals surface area contributed by atoms with Crippen molar-refractivity contribution in [2.75, 3.05) is 26.4 Å². The number of hydrogen-bond donors (Lipinski definition) is 0. The summed E-state index contributed by atoms with van der Waals surface area (Å²) in [6.45, 7) is 11.6. The van der Waals surface area contributed by atoms with Crippen LogP contribution >= 0.6 is 0 Å². The number of amides is 1. The van der Waals surface area contributed by atoms with Crippen molar-refractivity contribution >= 4 is 24.6 Å². The lowest BCUT2D eigenvalue weighted by Gasteiger charge is -2.45. The molecule has 0 aliphatic carbocycles. The Bertz CT molecular complexity index is 954. The number of ether oxygens (including phenoxy) is 1. The number of carbonyl (C=O) groups is 1. The quantitative estimate of drug-likeness (QED) is 0.308. The number of rotatable bonds is 9. The van der Waals surface area contributed by atoms with E-state index < -0.39 is 20.0 Å². The summed E-state index contributed by atoms with van der Waals surface area (Å²) < 4.78 is 27.5. The maximum Gasteiger partial charge on any atom is 0.261 e. The van der Waals surface area contributed by atoms with Crippen molar-refractivity contribution in [3.63, 3.8) is 0 Å². The number of benzene rings is 2. The number of halogens is 1. The Morgan fingerprint density at radius 3 is 2.21 bits per heavy atom. The van der Waals surface area contributed by atoms with Crippen molar-refractivity contribution in [1.29, 1.82) is 0 Å². The molecule has 0 bridgehead atoms. The maximum atomic E-state index is 14.7. The number of nitrogens with zero attached hydrogens (tertiary/aromatic N) is 1. The summed E-state index contributed by atoms with van der Waals surface area (Å²) in [4.78, 5) is 14.9. The van der Waals surface area contributed by atoms with E-state index in [-0.39, 0.29) is 23.4 Å². The van der Waals surface area contributed by atoms with Crippen molar-refractivity contribution < 1.29 is 18.3 Å². The summed E-state index contributed by atoms with van der Waals surface area (Å²) in [5, 5.41) is 2.18. The van der Waals surface area contributed by atoms with Crippen LogP contribution in [0.1, 0.15) is 33.6 Å². The van der Waals surface area contributed by atoms with Crippen LogP contribution in [0.15, 0.2) is 73.3 Å². The van der Waals surface area contributed by atoms with E-state index in [1.807, 2.05) is 12.1 Å². The van der Waals surface area contributed by atoms with E-state index in [0.717, 1.165) is 0 Å². The molecule has 2 heterocycles. The summed E-state index contributed by atoms with van der Waals surface area (Å²) in [7, 11) is -2.78. The summed E-state index contributed by atoms with van der Waals surface area (Å²) in [6, 6.07) is 20.9. The van der Waals surface area contributed by atoms with Crippen LogP contribution in [0.4, 0.5) is 4.39 Å². The van der Waals surface area contributed by atoms with Crippen LogP contribution in [0.2, 0.25) is 5.04 Å². The Hall–Kier alpha value is -2.28. The third kappa shape index (κ3) is 4.39. The normalized spacial score (nSPS) is 24.9. The van der Waals surface area contributed by atoms with Crippen LogP contribution in [0.3, 0.4) is 0 Å². The van der Waals surface area contributed by atoms with Crippen LogP contribution in [-0.2, 0) is 14.0 Å². The highest BCUT2D eigenvalue weighted by Crippen LogP contribution is 2.45. The molecule has 2 aromatic carbocycles. The van der Waals surface area contributed by atoms with Gasteiger partial charge in [-0.25, -0.2) is 4.39 Å². The lowest BCUT2D eigenvalue weighted by Crippen LogP contribution is -2.68. The van der Waals surface area contributed by atoms with E-state index in [0.29, 0.717) is 32.7 Å².